The third kappa shape index (κ3) is 5.38. The molecule has 1 aliphatic rings. The molecule has 118 valence electrons. The van der Waals surface area contributed by atoms with Crippen LogP contribution in [-0.4, -0.2) is 60.4 Å². The second kappa shape index (κ2) is 9.32. The highest BCUT2D eigenvalue weighted by Gasteiger charge is 2.37. The van der Waals surface area contributed by atoms with E-state index in [1.807, 2.05) is 0 Å². The van der Waals surface area contributed by atoms with Crippen LogP contribution < -0.4 is 5.32 Å². The minimum Gasteiger partial charge on any atom is -0.388 e. The fourth-order valence-corrected chi connectivity index (χ4v) is 2.52. The van der Waals surface area contributed by atoms with Gasteiger partial charge in [0.25, 0.3) is 0 Å². The summed E-state index contributed by atoms with van der Waals surface area (Å²) in [5.74, 6) is 0.0228. The Labute approximate surface area is 122 Å². The van der Waals surface area contributed by atoms with Gasteiger partial charge in [0.05, 0.1) is 18.8 Å². The maximum atomic E-state index is 11.8. The molecule has 0 aromatic carbocycles. The number of carbonyl (C=O) groups excluding carboxylic acids is 1. The minimum atomic E-state index is -0.606. The molecule has 1 unspecified atom stereocenters. The molecule has 1 aliphatic heterocycles. The first-order valence-corrected chi connectivity index (χ1v) is 7.93. The lowest BCUT2D eigenvalue weighted by atomic mass is 10.1. The number of hydrogen-bond acceptors (Lipinski definition) is 4. The lowest BCUT2D eigenvalue weighted by Crippen LogP contribution is -2.46. The smallest absolute Gasteiger partial charge is 0.220 e. The number of rotatable bonds is 9. The van der Waals surface area contributed by atoms with Gasteiger partial charge < -0.3 is 20.1 Å². The molecule has 0 aromatic rings. The fraction of sp³-hybridized carbons (Fsp3) is 0.933. The summed E-state index contributed by atoms with van der Waals surface area (Å²) in [5, 5.41) is 13.1. The molecule has 2 N–H and O–H groups in total. The van der Waals surface area contributed by atoms with E-state index >= 15 is 0 Å². The van der Waals surface area contributed by atoms with Gasteiger partial charge in [-0.15, -0.1) is 0 Å². The Balaban J connectivity index is 2.33. The first-order valence-electron chi connectivity index (χ1n) is 7.93. The summed E-state index contributed by atoms with van der Waals surface area (Å²) in [6.45, 7) is 9.32. The average Bonchev–Trinajstić information content (AvgIpc) is 2.77. The number of nitrogens with one attached hydrogen (secondary N) is 1. The van der Waals surface area contributed by atoms with Gasteiger partial charge in [-0.2, -0.15) is 0 Å². The molecule has 0 aromatic heterocycles. The average molecular weight is 286 g/mol. The maximum Gasteiger partial charge on any atom is 0.220 e. The number of carbonyl (C=O) groups is 1. The van der Waals surface area contributed by atoms with Gasteiger partial charge in [-0.05, 0) is 19.5 Å². The number of aliphatic hydroxyl groups excluding tert-OH is 1. The highest BCUT2D eigenvalue weighted by Crippen LogP contribution is 2.16. The first-order chi connectivity index (χ1) is 9.62. The molecule has 0 spiro atoms. The molecule has 1 heterocycles. The van der Waals surface area contributed by atoms with Crippen molar-refractivity contribution in [3.63, 3.8) is 0 Å². The Kier molecular flexibility index (Phi) is 8.11. The SMILES string of the molecule is CCCCCC(=O)NC1CO[C@@H](CN(CC)CC)[C@@H]1O. The molecule has 1 rings (SSSR count). The van der Waals surface area contributed by atoms with Crippen molar-refractivity contribution in [3.8, 4) is 0 Å². The summed E-state index contributed by atoms with van der Waals surface area (Å²) in [6.07, 6.45) is 2.82. The third-order valence-electron chi connectivity index (χ3n) is 3.97. The summed E-state index contributed by atoms with van der Waals surface area (Å²) in [7, 11) is 0. The van der Waals surface area contributed by atoms with Crippen molar-refractivity contribution in [3.05, 3.63) is 0 Å². The van der Waals surface area contributed by atoms with Crippen LogP contribution in [0.2, 0.25) is 0 Å². The largest absolute Gasteiger partial charge is 0.388 e. The van der Waals surface area contributed by atoms with Gasteiger partial charge in [0.1, 0.15) is 6.10 Å². The van der Waals surface area contributed by atoms with Crippen molar-refractivity contribution in [1.29, 1.82) is 0 Å². The van der Waals surface area contributed by atoms with Crippen LogP contribution in [0.25, 0.3) is 0 Å². The number of unbranched alkanes of at least 4 members (excludes halogenated alkanes) is 2. The normalized spacial score (nSPS) is 26.1. The molecule has 5 nitrogen and oxygen atoms in total. The van der Waals surface area contributed by atoms with Gasteiger partial charge in [-0.1, -0.05) is 33.6 Å². The van der Waals surface area contributed by atoms with Crippen LogP contribution in [0.5, 0.6) is 0 Å². The Bertz CT molecular complexity index is 282. The van der Waals surface area contributed by atoms with E-state index in [4.69, 9.17) is 4.74 Å². The first kappa shape index (κ1) is 17.4. The molecular weight excluding hydrogens is 256 g/mol. The van der Waals surface area contributed by atoms with Crippen LogP contribution in [-0.2, 0) is 9.53 Å². The number of nitrogens with zero attached hydrogens (tertiary/aromatic N) is 1. The van der Waals surface area contributed by atoms with E-state index in [-0.39, 0.29) is 18.1 Å². The van der Waals surface area contributed by atoms with Crippen LogP contribution in [0.4, 0.5) is 0 Å². The van der Waals surface area contributed by atoms with Crippen LogP contribution in [0, 0.1) is 0 Å². The Morgan fingerprint density at radius 2 is 2.00 bits per heavy atom. The quantitative estimate of drug-likeness (QED) is 0.624. The summed E-state index contributed by atoms with van der Waals surface area (Å²) < 4.78 is 5.63. The lowest BCUT2D eigenvalue weighted by Gasteiger charge is -2.24. The zero-order valence-corrected chi connectivity index (χ0v) is 13.1. The van der Waals surface area contributed by atoms with Gasteiger partial charge in [-0.25, -0.2) is 0 Å². The zero-order valence-electron chi connectivity index (χ0n) is 13.1. The highest BCUT2D eigenvalue weighted by atomic mass is 16.5. The van der Waals surface area contributed by atoms with Crippen LogP contribution in [0.1, 0.15) is 46.5 Å². The molecule has 0 bridgehead atoms. The molecule has 0 radical (unpaired) electrons. The Hall–Kier alpha value is -0.650. The second-order valence-electron chi connectivity index (χ2n) is 5.48. The highest BCUT2D eigenvalue weighted by molar-refractivity contribution is 5.76. The van der Waals surface area contributed by atoms with Crippen LogP contribution >= 0.6 is 0 Å². The summed E-state index contributed by atoms with van der Waals surface area (Å²) in [5.41, 5.74) is 0. The van der Waals surface area contributed by atoms with E-state index in [0.717, 1.165) is 38.9 Å². The Morgan fingerprint density at radius 1 is 1.30 bits per heavy atom. The zero-order chi connectivity index (χ0) is 15.0. The molecule has 0 saturated carbocycles. The van der Waals surface area contributed by atoms with E-state index < -0.39 is 6.10 Å². The summed E-state index contributed by atoms with van der Waals surface area (Å²) >= 11 is 0. The maximum absolute atomic E-state index is 11.8. The van der Waals surface area contributed by atoms with E-state index in [2.05, 4.69) is 31.0 Å². The molecule has 5 heteroatoms. The Morgan fingerprint density at radius 3 is 2.60 bits per heavy atom. The van der Waals surface area contributed by atoms with Crippen LogP contribution in [0.3, 0.4) is 0 Å². The monoisotopic (exact) mass is 286 g/mol. The van der Waals surface area contributed by atoms with Gasteiger partial charge in [0.15, 0.2) is 0 Å². The predicted molar refractivity (Wildman–Crippen MR) is 79.6 cm³/mol. The van der Waals surface area contributed by atoms with Crippen molar-refractivity contribution >= 4 is 5.91 Å². The fourth-order valence-electron chi connectivity index (χ4n) is 2.52. The number of likely N-dealkylation sites (N-methyl/N-ethyl adjacent to an activating group) is 1. The molecule has 1 fully saturated rings. The predicted octanol–water partition coefficient (Wildman–Crippen LogP) is 1.15. The number of amides is 1. The molecule has 3 atom stereocenters. The summed E-state index contributed by atoms with van der Waals surface area (Å²) in [4.78, 5) is 14.0. The molecule has 1 amide bonds. The van der Waals surface area contributed by atoms with E-state index in [9.17, 15) is 9.90 Å². The van der Waals surface area contributed by atoms with E-state index in [0.29, 0.717) is 13.0 Å². The second-order valence-corrected chi connectivity index (χ2v) is 5.48. The van der Waals surface area contributed by atoms with E-state index in [1.54, 1.807) is 0 Å². The number of aliphatic hydroxyl groups is 1. The third-order valence-corrected chi connectivity index (χ3v) is 3.97. The van der Waals surface area contributed by atoms with Gasteiger partial charge in [0.2, 0.25) is 5.91 Å². The van der Waals surface area contributed by atoms with Crippen molar-refractivity contribution < 1.29 is 14.6 Å². The van der Waals surface area contributed by atoms with E-state index in [1.165, 1.54) is 0 Å². The minimum absolute atomic E-state index is 0.0228. The van der Waals surface area contributed by atoms with Gasteiger partial charge in [-0.3, -0.25) is 4.79 Å². The van der Waals surface area contributed by atoms with Crippen molar-refractivity contribution in [2.24, 2.45) is 0 Å². The molecule has 1 saturated heterocycles. The van der Waals surface area contributed by atoms with Crippen molar-refractivity contribution in [2.45, 2.75) is 64.7 Å². The summed E-state index contributed by atoms with van der Waals surface area (Å²) in [6, 6.07) is -0.260. The van der Waals surface area contributed by atoms with Crippen molar-refractivity contribution in [2.75, 3.05) is 26.2 Å². The lowest BCUT2D eigenvalue weighted by molar-refractivity contribution is -0.122. The molecule has 0 aliphatic carbocycles. The van der Waals surface area contributed by atoms with Crippen LogP contribution in [0.15, 0.2) is 0 Å². The standard InChI is InChI=1S/C15H30N2O3/c1-4-7-8-9-14(18)16-12-11-20-13(15(12)19)10-17(5-2)6-3/h12-13,15,19H,4-11H2,1-3H3,(H,16,18)/t12?,13-,15+/m0/s1. The van der Waals surface area contributed by atoms with Gasteiger partial charge >= 0.3 is 0 Å². The van der Waals surface area contributed by atoms with Gasteiger partial charge in [0, 0.05) is 13.0 Å². The molecular formula is C15H30N2O3. The van der Waals surface area contributed by atoms with Crippen molar-refractivity contribution in [1.82, 2.24) is 10.2 Å². The molecule has 20 heavy (non-hydrogen) atoms. The topological polar surface area (TPSA) is 61.8 Å². The number of ether oxygens (including phenoxy) is 1. The number of hydrogen-bond donors (Lipinski definition) is 2.